The third-order valence-corrected chi connectivity index (χ3v) is 4.48. The fraction of sp³-hybridized carbons (Fsp3) is 0.824. The minimum Gasteiger partial charge on any atom is -0.374 e. The predicted octanol–water partition coefficient (Wildman–Crippen LogP) is 4.72. The van der Waals surface area contributed by atoms with Crippen LogP contribution in [0.2, 0.25) is 0 Å². The molecule has 0 saturated heterocycles. The molecule has 1 N–H and O–H groups in total. The van der Waals surface area contributed by atoms with Crippen LogP contribution in [0.3, 0.4) is 0 Å². The van der Waals surface area contributed by atoms with Crippen molar-refractivity contribution in [2.75, 3.05) is 7.11 Å². The quantitative estimate of drug-likeness (QED) is 0.754. The summed E-state index contributed by atoms with van der Waals surface area (Å²) in [7, 11) is 1.79. The van der Waals surface area contributed by atoms with Crippen LogP contribution in [0.25, 0.3) is 0 Å². The van der Waals surface area contributed by atoms with E-state index in [0.717, 1.165) is 30.8 Å². The molecule has 0 amide bonds. The van der Waals surface area contributed by atoms with Gasteiger partial charge in [0.25, 0.3) is 0 Å². The smallest absolute Gasteiger partial charge is 0.122 e. The second-order valence-corrected chi connectivity index (χ2v) is 8.25. The maximum Gasteiger partial charge on any atom is 0.122 e. The topological polar surface area (TPSA) is 34.1 Å². The average Bonchev–Trinajstić information content (AvgIpc) is 2.74. The molecule has 0 aliphatic rings. The molecule has 0 saturated carbocycles. The number of ether oxygens (including phenoxy) is 1. The number of rotatable bonds is 8. The number of hydrogen-bond donors (Lipinski definition) is 1. The lowest BCUT2D eigenvalue weighted by Crippen LogP contribution is -2.35. The highest BCUT2D eigenvalue weighted by atomic mass is 32.1. The molecule has 1 atom stereocenters. The average molecular weight is 313 g/mol. The Morgan fingerprint density at radius 2 is 1.95 bits per heavy atom. The van der Waals surface area contributed by atoms with Crippen LogP contribution in [-0.4, -0.2) is 17.6 Å². The van der Waals surface area contributed by atoms with E-state index >= 15 is 0 Å². The van der Waals surface area contributed by atoms with Gasteiger partial charge in [-0.3, -0.25) is 0 Å². The lowest BCUT2D eigenvalue weighted by molar-refractivity contribution is 0.0946. The van der Waals surface area contributed by atoms with Crippen molar-refractivity contribution >= 4 is 11.3 Å². The van der Waals surface area contributed by atoms with E-state index in [1.165, 1.54) is 10.6 Å². The number of nitrogens with zero attached hydrogens (tertiary/aromatic N) is 1. The van der Waals surface area contributed by atoms with Gasteiger partial charge in [-0.2, -0.15) is 0 Å². The number of nitrogens with one attached hydrogen (secondary N) is 1. The molecule has 1 unspecified atom stereocenters. The normalized spacial score (nSPS) is 13.9. The molecule has 1 rings (SSSR count). The van der Waals surface area contributed by atoms with Crippen molar-refractivity contribution in [1.29, 1.82) is 0 Å². The molecular formula is C17H32N2OS. The van der Waals surface area contributed by atoms with E-state index in [1.54, 1.807) is 7.11 Å². The minimum atomic E-state index is 0.128. The van der Waals surface area contributed by atoms with Crippen molar-refractivity contribution in [1.82, 2.24) is 10.3 Å². The third-order valence-electron chi connectivity index (χ3n) is 3.29. The Balaban J connectivity index is 2.94. The molecule has 21 heavy (non-hydrogen) atoms. The van der Waals surface area contributed by atoms with E-state index in [1.807, 2.05) is 11.3 Å². The summed E-state index contributed by atoms with van der Waals surface area (Å²) in [5.41, 5.74) is 1.38. The van der Waals surface area contributed by atoms with E-state index in [0.29, 0.717) is 5.92 Å². The molecule has 0 bridgehead atoms. The van der Waals surface area contributed by atoms with Crippen LogP contribution < -0.4 is 5.32 Å². The Kier molecular flexibility index (Phi) is 7.31. The SMILES string of the molecule is CCCC(OC)c1nc(CC(C)C)c(CNC(C)(C)C)s1. The van der Waals surface area contributed by atoms with Crippen molar-refractivity contribution in [3.8, 4) is 0 Å². The summed E-state index contributed by atoms with van der Waals surface area (Å²) in [4.78, 5) is 6.26. The first-order valence-corrected chi connectivity index (χ1v) is 8.84. The second kappa shape index (κ2) is 8.25. The van der Waals surface area contributed by atoms with Crippen molar-refractivity contribution in [2.45, 2.75) is 79.0 Å². The third kappa shape index (κ3) is 6.45. The first kappa shape index (κ1) is 18.6. The summed E-state index contributed by atoms with van der Waals surface area (Å²) in [5.74, 6) is 0.625. The molecule has 0 radical (unpaired) electrons. The van der Waals surface area contributed by atoms with Gasteiger partial charge in [0, 0.05) is 24.1 Å². The van der Waals surface area contributed by atoms with Crippen LogP contribution in [0.1, 0.15) is 76.1 Å². The van der Waals surface area contributed by atoms with Gasteiger partial charge in [-0.25, -0.2) is 4.98 Å². The van der Waals surface area contributed by atoms with Crippen molar-refractivity contribution in [2.24, 2.45) is 5.92 Å². The summed E-state index contributed by atoms with van der Waals surface area (Å²) in [6, 6.07) is 0. The van der Waals surface area contributed by atoms with Crippen LogP contribution >= 0.6 is 11.3 Å². The van der Waals surface area contributed by atoms with Crippen LogP contribution in [0.15, 0.2) is 0 Å². The highest BCUT2D eigenvalue weighted by molar-refractivity contribution is 7.11. The van der Waals surface area contributed by atoms with Crippen LogP contribution in [0, 0.1) is 5.92 Å². The monoisotopic (exact) mass is 312 g/mol. The van der Waals surface area contributed by atoms with Gasteiger partial charge in [-0.05, 0) is 39.5 Å². The number of hydrogen-bond acceptors (Lipinski definition) is 4. The first-order valence-electron chi connectivity index (χ1n) is 8.03. The minimum absolute atomic E-state index is 0.128. The van der Waals surface area contributed by atoms with Gasteiger partial charge in [-0.1, -0.05) is 27.2 Å². The summed E-state index contributed by atoms with van der Waals surface area (Å²) < 4.78 is 5.62. The van der Waals surface area contributed by atoms with Crippen molar-refractivity contribution < 1.29 is 4.74 Å². The fourth-order valence-electron chi connectivity index (χ4n) is 2.18. The molecule has 0 aliphatic carbocycles. The molecule has 122 valence electrons. The largest absolute Gasteiger partial charge is 0.374 e. The van der Waals surface area contributed by atoms with Gasteiger partial charge < -0.3 is 10.1 Å². The second-order valence-electron chi connectivity index (χ2n) is 7.14. The molecule has 3 nitrogen and oxygen atoms in total. The molecule has 1 aromatic rings. The summed E-state index contributed by atoms with van der Waals surface area (Å²) in [6.45, 7) is 14.2. The van der Waals surface area contributed by atoms with E-state index in [-0.39, 0.29) is 11.6 Å². The standard InChI is InChI=1S/C17H32N2OS/c1-8-9-14(20-7)16-19-13(10-12(2)3)15(21-16)11-18-17(4,5)6/h12,14,18H,8-11H2,1-7H3. The van der Waals surface area contributed by atoms with E-state index in [4.69, 9.17) is 9.72 Å². The maximum atomic E-state index is 5.62. The number of aromatic nitrogens is 1. The Labute approximate surface area is 134 Å². The Morgan fingerprint density at radius 1 is 1.29 bits per heavy atom. The summed E-state index contributed by atoms with van der Waals surface area (Å²) in [6.07, 6.45) is 3.35. The highest BCUT2D eigenvalue weighted by Crippen LogP contribution is 2.30. The molecule has 0 spiro atoms. The van der Waals surface area contributed by atoms with Crippen LogP contribution in [-0.2, 0) is 17.7 Å². The lowest BCUT2D eigenvalue weighted by Gasteiger charge is -2.20. The Bertz CT molecular complexity index is 421. The van der Waals surface area contributed by atoms with E-state index in [9.17, 15) is 0 Å². The lowest BCUT2D eigenvalue weighted by atomic mass is 10.1. The van der Waals surface area contributed by atoms with Gasteiger partial charge in [0.15, 0.2) is 0 Å². The molecule has 0 fully saturated rings. The zero-order chi connectivity index (χ0) is 16.0. The number of methoxy groups -OCH3 is 1. The zero-order valence-electron chi connectivity index (χ0n) is 14.7. The summed E-state index contributed by atoms with van der Waals surface area (Å²) in [5, 5.41) is 4.72. The maximum absolute atomic E-state index is 5.62. The molecule has 4 heteroatoms. The highest BCUT2D eigenvalue weighted by Gasteiger charge is 2.20. The van der Waals surface area contributed by atoms with Gasteiger partial charge in [0.1, 0.15) is 11.1 Å². The molecule has 1 heterocycles. The van der Waals surface area contributed by atoms with E-state index in [2.05, 4.69) is 46.9 Å². The van der Waals surface area contributed by atoms with E-state index < -0.39 is 0 Å². The van der Waals surface area contributed by atoms with Gasteiger partial charge in [0.2, 0.25) is 0 Å². The fourth-order valence-corrected chi connectivity index (χ4v) is 3.32. The number of thiazole rings is 1. The van der Waals surface area contributed by atoms with Gasteiger partial charge in [0.05, 0.1) is 5.69 Å². The molecule has 1 aromatic heterocycles. The summed E-state index contributed by atoms with van der Waals surface area (Å²) >= 11 is 1.82. The Morgan fingerprint density at radius 3 is 2.43 bits per heavy atom. The molecular weight excluding hydrogens is 280 g/mol. The first-order chi connectivity index (χ1) is 9.76. The Hall–Kier alpha value is -0.450. The predicted molar refractivity (Wildman–Crippen MR) is 91.9 cm³/mol. The van der Waals surface area contributed by atoms with Crippen molar-refractivity contribution in [3.05, 3.63) is 15.6 Å². The zero-order valence-corrected chi connectivity index (χ0v) is 15.6. The molecule has 0 aliphatic heterocycles. The molecule has 0 aromatic carbocycles. The van der Waals surface area contributed by atoms with Gasteiger partial charge in [-0.15, -0.1) is 11.3 Å². The van der Waals surface area contributed by atoms with Gasteiger partial charge >= 0.3 is 0 Å². The van der Waals surface area contributed by atoms with Crippen LogP contribution in [0.5, 0.6) is 0 Å². The van der Waals surface area contributed by atoms with Crippen molar-refractivity contribution in [3.63, 3.8) is 0 Å². The van der Waals surface area contributed by atoms with Crippen LogP contribution in [0.4, 0.5) is 0 Å².